The van der Waals surface area contributed by atoms with Crippen molar-refractivity contribution in [2.24, 2.45) is 0 Å². The molecule has 3 aliphatic heterocycles. The smallest absolute Gasteiger partial charge is 0.202 e. The van der Waals surface area contributed by atoms with Crippen molar-refractivity contribution in [2.45, 2.75) is 25.4 Å². The van der Waals surface area contributed by atoms with Gasteiger partial charge >= 0.3 is 0 Å². The molecule has 3 heteroatoms. The Labute approximate surface area is 53.9 Å². The second kappa shape index (κ2) is 1.68. The van der Waals surface area contributed by atoms with Gasteiger partial charge in [-0.1, -0.05) is 0 Å². The van der Waals surface area contributed by atoms with Crippen molar-refractivity contribution in [1.82, 2.24) is 0 Å². The molecule has 0 aromatic carbocycles. The van der Waals surface area contributed by atoms with Crippen LogP contribution in [0.4, 0.5) is 0 Å². The summed E-state index contributed by atoms with van der Waals surface area (Å²) >= 11 is 0. The summed E-state index contributed by atoms with van der Waals surface area (Å²) in [6.07, 6.45) is 1.12. The minimum absolute atomic E-state index is 0.102. The average molecular weight is 130 g/mol. The SMILES string of the molecule is CCOCC12CC(O1)O2. The monoisotopic (exact) mass is 130 g/mol. The highest BCUT2D eigenvalue weighted by molar-refractivity contribution is 4.92. The Morgan fingerprint density at radius 3 is 2.67 bits per heavy atom. The predicted octanol–water partition coefficient (Wildman–Crippen LogP) is 0.496. The molecule has 0 saturated carbocycles. The van der Waals surface area contributed by atoms with E-state index in [2.05, 4.69) is 0 Å². The first-order chi connectivity index (χ1) is 4.35. The summed E-state index contributed by atoms with van der Waals surface area (Å²) in [6.45, 7) is 3.30. The maximum atomic E-state index is 5.17. The Balaban J connectivity index is 1.73. The molecule has 3 saturated heterocycles. The summed E-state index contributed by atoms with van der Waals surface area (Å²) in [5.74, 6) is -0.305. The Morgan fingerprint density at radius 1 is 1.67 bits per heavy atom. The fourth-order valence-electron chi connectivity index (χ4n) is 1.11. The molecule has 0 amide bonds. The maximum absolute atomic E-state index is 5.17. The molecular weight excluding hydrogens is 120 g/mol. The van der Waals surface area contributed by atoms with E-state index in [1.165, 1.54) is 0 Å². The van der Waals surface area contributed by atoms with E-state index in [1.807, 2.05) is 6.92 Å². The first kappa shape index (κ1) is 5.65. The third-order valence-electron chi connectivity index (χ3n) is 1.70. The van der Waals surface area contributed by atoms with Crippen LogP contribution in [-0.4, -0.2) is 25.3 Å². The summed E-state index contributed by atoms with van der Waals surface area (Å²) < 4.78 is 15.5. The number of ether oxygens (including phenoxy) is 3. The van der Waals surface area contributed by atoms with E-state index in [0.29, 0.717) is 6.61 Å². The van der Waals surface area contributed by atoms with Gasteiger partial charge in [-0.3, -0.25) is 0 Å². The molecule has 3 aliphatic rings. The van der Waals surface area contributed by atoms with Crippen LogP contribution < -0.4 is 0 Å². The first-order valence-corrected chi connectivity index (χ1v) is 3.28. The zero-order chi connectivity index (χ0) is 6.32. The maximum Gasteiger partial charge on any atom is 0.202 e. The predicted molar refractivity (Wildman–Crippen MR) is 29.8 cm³/mol. The quantitative estimate of drug-likeness (QED) is 0.556. The topological polar surface area (TPSA) is 27.7 Å². The van der Waals surface area contributed by atoms with Crippen molar-refractivity contribution in [1.29, 1.82) is 0 Å². The molecule has 3 nitrogen and oxygen atoms in total. The second-order valence-corrected chi connectivity index (χ2v) is 2.42. The molecule has 0 radical (unpaired) electrons. The van der Waals surface area contributed by atoms with E-state index >= 15 is 0 Å². The summed E-state index contributed by atoms with van der Waals surface area (Å²) in [6, 6.07) is 0. The van der Waals surface area contributed by atoms with Crippen molar-refractivity contribution >= 4 is 0 Å². The van der Waals surface area contributed by atoms with Gasteiger partial charge < -0.3 is 14.2 Å². The molecule has 52 valence electrons. The third-order valence-corrected chi connectivity index (χ3v) is 1.70. The van der Waals surface area contributed by atoms with Crippen LogP contribution in [-0.2, 0) is 14.2 Å². The number of hydrogen-bond donors (Lipinski definition) is 0. The average Bonchev–Trinajstić information content (AvgIpc) is 1.59. The Kier molecular flexibility index (Phi) is 1.06. The van der Waals surface area contributed by atoms with Crippen molar-refractivity contribution in [3.05, 3.63) is 0 Å². The number of hydrogen-bond acceptors (Lipinski definition) is 3. The molecule has 3 fully saturated rings. The molecule has 2 bridgehead atoms. The highest BCUT2D eigenvalue weighted by Crippen LogP contribution is 2.48. The van der Waals surface area contributed by atoms with Crippen LogP contribution in [0, 0.1) is 0 Å². The fourth-order valence-corrected chi connectivity index (χ4v) is 1.11. The van der Waals surface area contributed by atoms with Gasteiger partial charge in [-0.15, -0.1) is 0 Å². The lowest BCUT2D eigenvalue weighted by atomic mass is 10.0. The minimum Gasteiger partial charge on any atom is -0.376 e. The molecule has 0 aliphatic carbocycles. The van der Waals surface area contributed by atoms with Crippen molar-refractivity contribution in [3.8, 4) is 0 Å². The van der Waals surface area contributed by atoms with Crippen LogP contribution in [0.3, 0.4) is 0 Å². The van der Waals surface area contributed by atoms with Crippen LogP contribution >= 0.6 is 0 Å². The molecule has 0 aromatic rings. The van der Waals surface area contributed by atoms with Crippen LogP contribution in [0.25, 0.3) is 0 Å². The standard InChI is InChI=1S/C6H10O3/c1-2-7-4-6-3-5(8-6)9-6/h5H,2-4H2,1H3. The van der Waals surface area contributed by atoms with Crippen molar-refractivity contribution in [3.63, 3.8) is 0 Å². The van der Waals surface area contributed by atoms with Gasteiger partial charge in [-0.05, 0) is 6.92 Å². The molecule has 0 unspecified atom stereocenters. The number of rotatable bonds is 3. The molecule has 3 rings (SSSR count). The van der Waals surface area contributed by atoms with E-state index in [0.717, 1.165) is 13.0 Å². The van der Waals surface area contributed by atoms with Crippen LogP contribution in [0.15, 0.2) is 0 Å². The van der Waals surface area contributed by atoms with Crippen molar-refractivity contribution < 1.29 is 14.2 Å². The Hall–Kier alpha value is -0.120. The van der Waals surface area contributed by atoms with Gasteiger partial charge in [-0.2, -0.15) is 0 Å². The third kappa shape index (κ3) is 0.689. The highest BCUT2D eigenvalue weighted by atomic mass is 16.9. The minimum atomic E-state index is -0.305. The molecule has 0 N–H and O–H groups in total. The van der Waals surface area contributed by atoms with Gasteiger partial charge in [-0.25, -0.2) is 0 Å². The Morgan fingerprint density at radius 2 is 2.33 bits per heavy atom. The fraction of sp³-hybridized carbons (Fsp3) is 1.00. The summed E-state index contributed by atoms with van der Waals surface area (Å²) in [7, 11) is 0. The van der Waals surface area contributed by atoms with E-state index in [9.17, 15) is 0 Å². The highest BCUT2D eigenvalue weighted by Gasteiger charge is 2.61. The normalized spacial score (nSPS) is 45.7. The molecule has 0 spiro atoms. The molecule has 9 heavy (non-hydrogen) atoms. The van der Waals surface area contributed by atoms with Crippen LogP contribution in [0.1, 0.15) is 13.3 Å². The lowest BCUT2D eigenvalue weighted by molar-refractivity contribution is -0.559. The van der Waals surface area contributed by atoms with Gasteiger partial charge in [0.15, 0.2) is 6.29 Å². The zero-order valence-corrected chi connectivity index (χ0v) is 5.42. The summed E-state index contributed by atoms with van der Waals surface area (Å²) in [5.41, 5.74) is 0. The summed E-state index contributed by atoms with van der Waals surface area (Å²) in [4.78, 5) is 0. The second-order valence-electron chi connectivity index (χ2n) is 2.42. The van der Waals surface area contributed by atoms with E-state index in [1.54, 1.807) is 0 Å². The van der Waals surface area contributed by atoms with E-state index in [4.69, 9.17) is 14.2 Å². The van der Waals surface area contributed by atoms with E-state index in [-0.39, 0.29) is 12.1 Å². The molecule has 0 atom stereocenters. The van der Waals surface area contributed by atoms with Gasteiger partial charge in [0.25, 0.3) is 0 Å². The lowest BCUT2D eigenvalue weighted by Gasteiger charge is -2.59. The molecule has 3 heterocycles. The zero-order valence-electron chi connectivity index (χ0n) is 5.42. The largest absolute Gasteiger partial charge is 0.376 e. The van der Waals surface area contributed by atoms with Gasteiger partial charge in [0, 0.05) is 6.61 Å². The Bertz CT molecular complexity index is 106. The van der Waals surface area contributed by atoms with E-state index < -0.39 is 0 Å². The van der Waals surface area contributed by atoms with Gasteiger partial charge in [0.2, 0.25) is 5.79 Å². The molecule has 0 aromatic heterocycles. The van der Waals surface area contributed by atoms with Crippen LogP contribution in [0.2, 0.25) is 0 Å². The molecular formula is C6H10O3. The first-order valence-electron chi connectivity index (χ1n) is 3.28. The summed E-state index contributed by atoms with van der Waals surface area (Å²) in [5, 5.41) is 0. The van der Waals surface area contributed by atoms with Crippen molar-refractivity contribution in [2.75, 3.05) is 13.2 Å². The lowest BCUT2D eigenvalue weighted by Crippen LogP contribution is -2.70. The van der Waals surface area contributed by atoms with Crippen LogP contribution in [0.5, 0.6) is 0 Å². The van der Waals surface area contributed by atoms with Gasteiger partial charge in [0.1, 0.15) is 6.61 Å². The van der Waals surface area contributed by atoms with Gasteiger partial charge in [0.05, 0.1) is 6.42 Å².